The van der Waals surface area contributed by atoms with Crippen LogP contribution in [0.5, 0.6) is 11.5 Å². The first-order valence-corrected chi connectivity index (χ1v) is 7.63. The Morgan fingerprint density at radius 2 is 1.78 bits per heavy atom. The van der Waals surface area contributed by atoms with E-state index in [4.69, 9.17) is 4.74 Å². The summed E-state index contributed by atoms with van der Waals surface area (Å²) in [7, 11) is 1.46. The van der Waals surface area contributed by atoms with Crippen LogP contribution in [0.15, 0.2) is 42.5 Å². The molecule has 0 saturated carbocycles. The smallest absolute Gasteiger partial charge is 0.263 e. The van der Waals surface area contributed by atoms with Crippen molar-refractivity contribution in [2.75, 3.05) is 30.4 Å². The Bertz CT molecular complexity index is 664. The van der Waals surface area contributed by atoms with Gasteiger partial charge in [-0.05, 0) is 50.2 Å². The minimum atomic E-state index is -0.407. The fourth-order valence-electron chi connectivity index (χ4n) is 2.46. The first-order chi connectivity index (χ1) is 11.1. The van der Waals surface area contributed by atoms with Crippen molar-refractivity contribution < 1.29 is 14.6 Å². The van der Waals surface area contributed by atoms with Crippen LogP contribution in [0.1, 0.15) is 24.2 Å². The predicted octanol–water partition coefficient (Wildman–Crippen LogP) is 3.50. The van der Waals surface area contributed by atoms with Crippen LogP contribution in [0.25, 0.3) is 0 Å². The van der Waals surface area contributed by atoms with Gasteiger partial charge in [-0.1, -0.05) is 6.07 Å². The van der Waals surface area contributed by atoms with Gasteiger partial charge in [-0.3, -0.25) is 4.79 Å². The maximum absolute atomic E-state index is 12.4. The highest BCUT2D eigenvalue weighted by Crippen LogP contribution is 2.28. The molecule has 5 nitrogen and oxygen atoms in total. The summed E-state index contributed by atoms with van der Waals surface area (Å²) in [5.74, 6) is -0.181. The fraction of sp³-hybridized carbons (Fsp3) is 0.278. The number of phenolic OH excluding ortho intramolecular Hbond substituents is 1. The molecule has 0 radical (unpaired) electrons. The Morgan fingerprint density at radius 3 is 2.35 bits per heavy atom. The number of carbonyl (C=O) groups is 1. The minimum absolute atomic E-state index is 0.110. The summed E-state index contributed by atoms with van der Waals surface area (Å²) in [5.41, 5.74) is 1.90. The molecule has 0 heterocycles. The van der Waals surface area contributed by atoms with Crippen LogP contribution in [0.2, 0.25) is 0 Å². The Labute approximate surface area is 136 Å². The highest BCUT2D eigenvalue weighted by molar-refractivity contribution is 6.08. The average Bonchev–Trinajstić information content (AvgIpc) is 2.57. The number of rotatable bonds is 6. The van der Waals surface area contributed by atoms with Gasteiger partial charge < -0.3 is 20.1 Å². The molecule has 2 aromatic carbocycles. The molecule has 23 heavy (non-hydrogen) atoms. The Morgan fingerprint density at radius 1 is 1.13 bits per heavy atom. The highest BCUT2D eigenvalue weighted by Gasteiger charge is 2.17. The average molecular weight is 314 g/mol. The van der Waals surface area contributed by atoms with Gasteiger partial charge in [0.15, 0.2) is 0 Å². The molecule has 1 amide bonds. The molecule has 0 spiro atoms. The summed E-state index contributed by atoms with van der Waals surface area (Å²) >= 11 is 0. The second-order valence-corrected chi connectivity index (χ2v) is 5.03. The maximum Gasteiger partial charge on any atom is 0.263 e. The summed E-state index contributed by atoms with van der Waals surface area (Å²) in [4.78, 5) is 14.6. The topological polar surface area (TPSA) is 61.8 Å². The molecule has 0 aliphatic carbocycles. The van der Waals surface area contributed by atoms with E-state index in [1.807, 2.05) is 24.3 Å². The number of amides is 1. The van der Waals surface area contributed by atoms with Gasteiger partial charge in [0.2, 0.25) is 0 Å². The molecule has 0 aliphatic rings. The number of phenols is 1. The van der Waals surface area contributed by atoms with Crippen LogP contribution in [0.4, 0.5) is 11.4 Å². The first kappa shape index (κ1) is 16.7. The number of anilines is 2. The molecular weight excluding hydrogens is 292 g/mol. The summed E-state index contributed by atoms with van der Waals surface area (Å²) in [6.45, 7) is 6.06. The Balaban J connectivity index is 2.18. The third-order valence-electron chi connectivity index (χ3n) is 3.70. The van der Waals surface area contributed by atoms with Gasteiger partial charge in [0.25, 0.3) is 5.91 Å². The lowest BCUT2D eigenvalue weighted by atomic mass is 10.1. The van der Waals surface area contributed by atoms with E-state index in [0.29, 0.717) is 11.4 Å². The zero-order valence-electron chi connectivity index (χ0n) is 13.7. The fourth-order valence-corrected chi connectivity index (χ4v) is 2.46. The number of carbonyl (C=O) groups excluding carboxylic acids is 1. The molecule has 2 N–H and O–H groups in total. The van der Waals surface area contributed by atoms with E-state index >= 15 is 0 Å². The standard InChI is InChI=1S/C18H22N2O3/c1-4-20(5-2)14-11-9-13(10-12-14)19-18(22)17-15(21)7-6-8-16(17)23-3/h6-12,21H,4-5H2,1-3H3,(H,19,22). The van der Waals surface area contributed by atoms with E-state index in [2.05, 4.69) is 24.1 Å². The summed E-state index contributed by atoms with van der Waals surface area (Å²) in [6.07, 6.45) is 0. The van der Waals surface area contributed by atoms with Crippen LogP contribution in [-0.2, 0) is 0 Å². The number of hydrogen-bond donors (Lipinski definition) is 2. The van der Waals surface area contributed by atoms with Crippen molar-refractivity contribution in [2.45, 2.75) is 13.8 Å². The van der Waals surface area contributed by atoms with Gasteiger partial charge in [-0.15, -0.1) is 0 Å². The van der Waals surface area contributed by atoms with Crippen LogP contribution >= 0.6 is 0 Å². The lowest BCUT2D eigenvalue weighted by Gasteiger charge is -2.21. The lowest BCUT2D eigenvalue weighted by molar-refractivity contribution is 0.102. The molecule has 0 aliphatic heterocycles. The summed E-state index contributed by atoms with van der Waals surface area (Å²) < 4.78 is 5.14. The summed E-state index contributed by atoms with van der Waals surface area (Å²) in [5, 5.41) is 12.7. The number of nitrogens with zero attached hydrogens (tertiary/aromatic N) is 1. The van der Waals surface area contributed by atoms with Gasteiger partial charge >= 0.3 is 0 Å². The van der Waals surface area contributed by atoms with Crippen LogP contribution in [0, 0.1) is 0 Å². The molecule has 0 aromatic heterocycles. The maximum atomic E-state index is 12.4. The van der Waals surface area contributed by atoms with Crippen molar-refractivity contribution in [2.24, 2.45) is 0 Å². The van der Waals surface area contributed by atoms with Crippen molar-refractivity contribution in [3.63, 3.8) is 0 Å². The van der Waals surface area contributed by atoms with Gasteiger partial charge in [-0.25, -0.2) is 0 Å². The quantitative estimate of drug-likeness (QED) is 0.856. The monoisotopic (exact) mass is 314 g/mol. The highest BCUT2D eigenvalue weighted by atomic mass is 16.5. The molecule has 122 valence electrons. The molecule has 0 atom stereocenters. The molecular formula is C18H22N2O3. The predicted molar refractivity (Wildman–Crippen MR) is 92.6 cm³/mol. The zero-order chi connectivity index (χ0) is 16.8. The Hall–Kier alpha value is -2.69. The largest absolute Gasteiger partial charge is 0.507 e. The molecule has 2 aromatic rings. The van der Waals surface area contributed by atoms with Crippen molar-refractivity contribution >= 4 is 17.3 Å². The third kappa shape index (κ3) is 3.74. The van der Waals surface area contributed by atoms with E-state index in [0.717, 1.165) is 18.8 Å². The van der Waals surface area contributed by atoms with E-state index in [1.165, 1.54) is 13.2 Å². The van der Waals surface area contributed by atoms with Gasteiger partial charge in [0, 0.05) is 24.5 Å². The second kappa shape index (κ2) is 7.54. The number of methoxy groups -OCH3 is 1. The lowest BCUT2D eigenvalue weighted by Crippen LogP contribution is -2.21. The number of hydrogen-bond acceptors (Lipinski definition) is 4. The number of aromatic hydroxyl groups is 1. The van der Waals surface area contributed by atoms with E-state index in [9.17, 15) is 9.90 Å². The van der Waals surface area contributed by atoms with Crippen LogP contribution < -0.4 is 15.0 Å². The van der Waals surface area contributed by atoms with Crippen LogP contribution in [-0.4, -0.2) is 31.2 Å². The number of nitrogens with one attached hydrogen (secondary N) is 1. The number of ether oxygens (including phenoxy) is 1. The van der Waals surface area contributed by atoms with Gasteiger partial charge in [0.1, 0.15) is 17.1 Å². The van der Waals surface area contributed by atoms with Crippen molar-refractivity contribution in [1.82, 2.24) is 0 Å². The summed E-state index contributed by atoms with van der Waals surface area (Å²) in [6, 6.07) is 12.3. The van der Waals surface area contributed by atoms with Gasteiger partial charge in [0.05, 0.1) is 7.11 Å². The number of benzene rings is 2. The molecule has 5 heteroatoms. The van der Waals surface area contributed by atoms with Crippen molar-refractivity contribution in [1.29, 1.82) is 0 Å². The normalized spacial score (nSPS) is 10.2. The van der Waals surface area contributed by atoms with Gasteiger partial charge in [-0.2, -0.15) is 0 Å². The molecule has 0 saturated heterocycles. The van der Waals surface area contributed by atoms with Crippen LogP contribution in [0.3, 0.4) is 0 Å². The Kier molecular flexibility index (Phi) is 5.46. The molecule has 0 bridgehead atoms. The third-order valence-corrected chi connectivity index (χ3v) is 3.70. The first-order valence-electron chi connectivity index (χ1n) is 7.63. The minimum Gasteiger partial charge on any atom is -0.507 e. The molecule has 0 unspecified atom stereocenters. The van der Waals surface area contributed by atoms with E-state index in [1.54, 1.807) is 12.1 Å². The molecule has 2 rings (SSSR count). The molecule has 0 fully saturated rings. The van der Waals surface area contributed by atoms with E-state index in [-0.39, 0.29) is 11.3 Å². The zero-order valence-corrected chi connectivity index (χ0v) is 13.7. The SMILES string of the molecule is CCN(CC)c1ccc(NC(=O)c2c(O)cccc2OC)cc1. The second-order valence-electron chi connectivity index (χ2n) is 5.03. The van der Waals surface area contributed by atoms with Crippen molar-refractivity contribution in [3.8, 4) is 11.5 Å². The van der Waals surface area contributed by atoms with Crippen molar-refractivity contribution in [3.05, 3.63) is 48.0 Å². The van der Waals surface area contributed by atoms with E-state index < -0.39 is 5.91 Å².